The zero-order chi connectivity index (χ0) is 22.8. The van der Waals surface area contributed by atoms with Gasteiger partial charge in [0.05, 0.1) is 17.6 Å². The number of nitrogens with zero attached hydrogens (tertiary/aromatic N) is 3. The van der Waals surface area contributed by atoms with Crippen LogP contribution >= 0.6 is 0 Å². The first-order chi connectivity index (χ1) is 16.1. The van der Waals surface area contributed by atoms with E-state index in [9.17, 15) is 14.9 Å². The molecule has 0 aromatic heterocycles. The van der Waals surface area contributed by atoms with Crippen molar-refractivity contribution in [3.63, 3.8) is 0 Å². The smallest absolute Gasteiger partial charge is 0.253 e. The fraction of sp³-hybridized carbons (Fsp3) is 0.423. The number of nitriles is 1. The van der Waals surface area contributed by atoms with Crippen LogP contribution in [0.25, 0.3) is 11.1 Å². The second-order valence-electron chi connectivity index (χ2n) is 9.14. The maximum atomic E-state index is 13.1. The summed E-state index contributed by atoms with van der Waals surface area (Å²) in [6.07, 6.45) is 4.19. The van der Waals surface area contributed by atoms with Crippen LogP contribution in [-0.2, 0) is 4.79 Å². The van der Waals surface area contributed by atoms with Crippen LogP contribution in [-0.4, -0.2) is 60.1 Å². The molecule has 3 fully saturated rings. The van der Waals surface area contributed by atoms with Crippen molar-refractivity contribution in [1.29, 1.82) is 5.26 Å². The van der Waals surface area contributed by atoms with Gasteiger partial charge in [-0.2, -0.15) is 5.26 Å². The van der Waals surface area contributed by atoms with Crippen molar-refractivity contribution in [3.8, 4) is 17.2 Å². The first-order valence-corrected chi connectivity index (χ1v) is 11.8. The van der Waals surface area contributed by atoms with Gasteiger partial charge >= 0.3 is 0 Å². The second kappa shape index (κ2) is 9.34. The molecule has 2 amide bonds. The third-order valence-corrected chi connectivity index (χ3v) is 7.21. The molecule has 0 spiro atoms. The summed E-state index contributed by atoms with van der Waals surface area (Å²) in [7, 11) is 0. The van der Waals surface area contributed by atoms with E-state index in [1.807, 2.05) is 47.4 Å². The molecule has 33 heavy (non-hydrogen) atoms. The molecule has 3 aliphatic rings. The Morgan fingerprint density at radius 1 is 0.970 bits per heavy atom. The molecule has 170 valence electrons. The third kappa shape index (κ3) is 4.37. The largest absolute Gasteiger partial charge is 0.336 e. The summed E-state index contributed by atoms with van der Waals surface area (Å²) in [6.45, 7) is 2.68. The molecular formula is C26H29N5O2. The lowest BCUT2D eigenvalue weighted by atomic mass is 9.82. The van der Waals surface area contributed by atoms with Crippen molar-refractivity contribution in [2.24, 2.45) is 5.92 Å². The molecule has 0 bridgehead atoms. The average molecular weight is 444 g/mol. The van der Waals surface area contributed by atoms with Gasteiger partial charge < -0.3 is 10.2 Å². The van der Waals surface area contributed by atoms with Crippen molar-refractivity contribution < 1.29 is 9.59 Å². The highest BCUT2D eigenvalue weighted by atomic mass is 16.2. The van der Waals surface area contributed by atoms with Crippen LogP contribution < -0.4 is 10.6 Å². The minimum Gasteiger partial charge on any atom is -0.336 e. The van der Waals surface area contributed by atoms with Gasteiger partial charge in [-0.3, -0.25) is 19.8 Å². The van der Waals surface area contributed by atoms with Crippen LogP contribution in [0.4, 0.5) is 0 Å². The number of nitrogens with one attached hydrogen (secondary N) is 2. The highest BCUT2D eigenvalue weighted by Crippen LogP contribution is 2.28. The van der Waals surface area contributed by atoms with E-state index in [4.69, 9.17) is 0 Å². The fourth-order valence-electron chi connectivity index (χ4n) is 5.32. The van der Waals surface area contributed by atoms with E-state index >= 15 is 0 Å². The van der Waals surface area contributed by atoms with E-state index < -0.39 is 0 Å². The maximum Gasteiger partial charge on any atom is 0.253 e. The first-order valence-electron chi connectivity index (χ1n) is 11.8. The number of rotatable bonds is 3. The number of hydrogen-bond acceptors (Lipinski definition) is 5. The van der Waals surface area contributed by atoms with Gasteiger partial charge in [0.2, 0.25) is 5.91 Å². The van der Waals surface area contributed by atoms with Crippen LogP contribution in [0.2, 0.25) is 0 Å². The van der Waals surface area contributed by atoms with Gasteiger partial charge in [-0.25, -0.2) is 0 Å². The average Bonchev–Trinajstić information content (AvgIpc) is 2.88. The van der Waals surface area contributed by atoms with Crippen LogP contribution in [0.15, 0.2) is 48.5 Å². The van der Waals surface area contributed by atoms with Crippen LogP contribution in [0, 0.1) is 17.2 Å². The minimum atomic E-state index is -0.145. The zero-order valence-electron chi connectivity index (χ0n) is 18.7. The molecule has 2 aromatic carbocycles. The lowest BCUT2D eigenvalue weighted by Gasteiger charge is -2.46. The van der Waals surface area contributed by atoms with Crippen LogP contribution in [0.1, 0.15) is 41.6 Å². The summed E-state index contributed by atoms with van der Waals surface area (Å²) in [5, 5.41) is 16.1. The number of benzene rings is 2. The molecule has 5 rings (SSSR count). The van der Waals surface area contributed by atoms with E-state index in [2.05, 4.69) is 21.6 Å². The summed E-state index contributed by atoms with van der Waals surface area (Å²) in [4.78, 5) is 29.7. The van der Waals surface area contributed by atoms with Gasteiger partial charge in [0, 0.05) is 37.8 Å². The Bertz CT molecular complexity index is 1070. The maximum absolute atomic E-state index is 13.1. The van der Waals surface area contributed by atoms with Gasteiger partial charge in [0.15, 0.2) is 0 Å². The highest BCUT2D eigenvalue weighted by Gasteiger charge is 2.39. The highest BCUT2D eigenvalue weighted by molar-refractivity contribution is 5.95. The number of piperazine rings is 1. The molecule has 2 aromatic rings. The number of hydrogen-bond donors (Lipinski definition) is 2. The molecule has 2 saturated heterocycles. The Kier molecular flexibility index (Phi) is 6.12. The molecule has 2 aliphatic heterocycles. The minimum absolute atomic E-state index is 0.0164. The van der Waals surface area contributed by atoms with E-state index in [1.54, 1.807) is 6.07 Å². The normalized spacial score (nSPS) is 25.6. The Morgan fingerprint density at radius 3 is 2.45 bits per heavy atom. The Hall–Kier alpha value is -3.21. The van der Waals surface area contributed by atoms with Crippen molar-refractivity contribution in [3.05, 3.63) is 59.7 Å². The number of carbonyl (C=O) groups excluding carboxylic acids is 2. The summed E-state index contributed by atoms with van der Waals surface area (Å²) in [5.74, 6) is 0.281. The standard InChI is InChI=1S/C26H29N5O2/c27-17-20-5-1-2-6-21(20)18-9-11-19(12-10-18)25(33)30-13-15-31(16-14-30)26-28-23-8-4-3-7-22(23)24(32)29-26/h1-2,5-6,9-12,22-23,26,28H,3-4,7-8,13-16H2,(H,29,32). The lowest BCUT2D eigenvalue weighted by molar-refractivity contribution is -0.134. The topological polar surface area (TPSA) is 88.5 Å². The molecule has 3 unspecified atom stereocenters. The molecule has 0 radical (unpaired) electrons. The molecule has 1 saturated carbocycles. The predicted octanol–water partition coefficient (Wildman–Crippen LogP) is 2.54. The monoisotopic (exact) mass is 443 g/mol. The zero-order valence-corrected chi connectivity index (χ0v) is 18.7. The second-order valence-corrected chi connectivity index (χ2v) is 9.14. The Morgan fingerprint density at radius 2 is 1.70 bits per heavy atom. The molecule has 3 atom stereocenters. The van der Waals surface area contributed by atoms with Crippen molar-refractivity contribution in [2.45, 2.75) is 38.0 Å². The SMILES string of the molecule is N#Cc1ccccc1-c1ccc(C(=O)N2CCN(C3NC(=O)C4CCCCC4N3)CC2)cc1. The summed E-state index contributed by atoms with van der Waals surface area (Å²) < 4.78 is 0. The summed E-state index contributed by atoms with van der Waals surface area (Å²) >= 11 is 0. The number of fused-ring (bicyclic) bond motifs is 1. The first kappa shape index (κ1) is 21.6. The van der Waals surface area contributed by atoms with E-state index in [-0.39, 0.29) is 30.1 Å². The quantitative estimate of drug-likeness (QED) is 0.761. The lowest BCUT2D eigenvalue weighted by Crippen LogP contribution is -2.69. The van der Waals surface area contributed by atoms with Crippen molar-refractivity contribution >= 4 is 11.8 Å². The molecule has 1 aliphatic carbocycles. The predicted molar refractivity (Wildman–Crippen MR) is 125 cm³/mol. The van der Waals surface area contributed by atoms with Gasteiger partial charge in [-0.1, -0.05) is 43.2 Å². The number of amides is 2. The Balaban J connectivity index is 1.19. The molecule has 2 heterocycles. The van der Waals surface area contributed by atoms with Crippen LogP contribution in [0.3, 0.4) is 0 Å². The summed E-state index contributed by atoms with van der Waals surface area (Å²) in [6, 6.07) is 17.4. The molecule has 7 heteroatoms. The van der Waals surface area contributed by atoms with Gasteiger partial charge in [0.25, 0.3) is 5.91 Å². The molecule has 2 N–H and O–H groups in total. The number of carbonyl (C=O) groups is 2. The molecular weight excluding hydrogens is 414 g/mol. The Labute approximate surface area is 194 Å². The van der Waals surface area contributed by atoms with Crippen molar-refractivity contribution in [1.82, 2.24) is 20.4 Å². The molecule has 7 nitrogen and oxygen atoms in total. The van der Waals surface area contributed by atoms with Gasteiger partial charge in [0.1, 0.15) is 6.29 Å². The van der Waals surface area contributed by atoms with Crippen molar-refractivity contribution in [2.75, 3.05) is 26.2 Å². The van der Waals surface area contributed by atoms with Gasteiger partial charge in [-0.05, 0) is 42.2 Å². The van der Waals surface area contributed by atoms with E-state index in [0.29, 0.717) is 37.3 Å². The third-order valence-electron chi connectivity index (χ3n) is 7.21. The van der Waals surface area contributed by atoms with Crippen LogP contribution in [0.5, 0.6) is 0 Å². The van der Waals surface area contributed by atoms with E-state index in [1.165, 1.54) is 6.42 Å². The summed E-state index contributed by atoms with van der Waals surface area (Å²) in [5.41, 5.74) is 3.06. The fourth-order valence-corrected chi connectivity index (χ4v) is 5.32. The van der Waals surface area contributed by atoms with Gasteiger partial charge in [-0.15, -0.1) is 0 Å². The van der Waals surface area contributed by atoms with E-state index in [0.717, 1.165) is 30.4 Å².